The summed E-state index contributed by atoms with van der Waals surface area (Å²) in [4.78, 5) is 10.9. The number of nitrogens with one attached hydrogen (secondary N) is 1. The highest BCUT2D eigenvalue weighted by molar-refractivity contribution is 5.94. The zero-order chi connectivity index (χ0) is 13.0. The highest BCUT2D eigenvalue weighted by atomic mass is 16.4. The summed E-state index contributed by atoms with van der Waals surface area (Å²) < 4.78 is 5.29. The summed E-state index contributed by atoms with van der Waals surface area (Å²) >= 11 is 0. The number of nitrogens with zero attached hydrogens (tertiary/aromatic N) is 1. The summed E-state index contributed by atoms with van der Waals surface area (Å²) in [6, 6.07) is 10.2. The van der Waals surface area contributed by atoms with Crippen molar-refractivity contribution < 1.29 is 14.3 Å². The number of hydrazone groups is 1. The third-order valence-corrected chi connectivity index (χ3v) is 2.30. The van der Waals surface area contributed by atoms with E-state index in [4.69, 9.17) is 9.52 Å². The molecule has 0 atom stereocenters. The fourth-order valence-electron chi connectivity index (χ4n) is 1.46. The van der Waals surface area contributed by atoms with Crippen molar-refractivity contribution in [2.75, 3.05) is 5.43 Å². The Morgan fingerprint density at radius 2 is 2.11 bits per heavy atom. The van der Waals surface area contributed by atoms with Crippen LogP contribution >= 0.6 is 0 Å². The van der Waals surface area contributed by atoms with Gasteiger partial charge in [-0.15, -0.1) is 0 Å². The fraction of sp³-hybridized carbons (Fsp3) is 0.0769. The number of aryl methyl sites for hydroxylation is 1. The Labute approximate surface area is 104 Å². The molecule has 1 heterocycles. The summed E-state index contributed by atoms with van der Waals surface area (Å²) in [6.07, 6.45) is 1.49. The van der Waals surface area contributed by atoms with Crippen LogP contribution in [0, 0.1) is 6.92 Å². The van der Waals surface area contributed by atoms with Crippen LogP contribution in [-0.4, -0.2) is 17.3 Å². The highest BCUT2D eigenvalue weighted by Crippen LogP contribution is 2.14. The normalized spacial score (nSPS) is 10.7. The van der Waals surface area contributed by atoms with E-state index in [0.29, 0.717) is 11.4 Å². The predicted octanol–water partition coefficient (Wildman–Crippen LogP) is 2.73. The minimum absolute atomic E-state index is 0.172. The first-order valence-electron chi connectivity index (χ1n) is 5.34. The Hall–Kier alpha value is -2.56. The third-order valence-electron chi connectivity index (χ3n) is 2.30. The minimum Gasteiger partial charge on any atom is -0.478 e. The molecule has 0 fully saturated rings. The molecule has 1 aromatic carbocycles. The maximum Gasteiger partial charge on any atom is 0.337 e. The van der Waals surface area contributed by atoms with Crippen LogP contribution in [0.4, 0.5) is 5.69 Å². The lowest BCUT2D eigenvalue weighted by atomic mass is 10.2. The third kappa shape index (κ3) is 2.76. The number of benzene rings is 1. The lowest BCUT2D eigenvalue weighted by Gasteiger charge is -2.03. The SMILES string of the molecule is Cc1ccc(/C=N\Nc2ccccc2C(=O)O)o1. The van der Waals surface area contributed by atoms with Crippen molar-refractivity contribution in [2.24, 2.45) is 5.10 Å². The lowest BCUT2D eigenvalue weighted by molar-refractivity contribution is 0.0698. The molecule has 0 bridgehead atoms. The van der Waals surface area contributed by atoms with Crippen molar-refractivity contribution in [2.45, 2.75) is 6.92 Å². The van der Waals surface area contributed by atoms with Gasteiger partial charge < -0.3 is 9.52 Å². The zero-order valence-electron chi connectivity index (χ0n) is 9.75. The molecule has 0 amide bonds. The van der Waals surface area contributed by atoms with Gasteiger partial charge in [-0.25, -0.2) is 4.79 Å². The van der Waals surface area contributed by atoms with Gasteiger partial charge in [0.05, 0.1) is 17.5 Å². The van der Waals surface area contributed by atoms with Crippen LogP contribution in [0.1, 0.15) is 21.9 Å². The van der Waals surface area contributed by atoms with Gasteiger partial charge in [-0.1, -0.05) is 12.1 Å². The number of aromatic carboxylic acids is 1. The van der Waals surface area contributed by atoms with Crippen molar-refractivity contribution in [3.63, 3.8) is 0 Å². The van der Waals surface area contributed by atoms with Crippen molar-refractivity contribution in [1.29, 1.82) is 0 Å². The Kier molecular flexibility index (Phi) is 3.43. The number of carboxylic acid groups (broad SMARTS) is 1. The molecule has 0 saturated heterocycles. The molecule has 92 valence electrons. The van der Waals surface area contributed by atoms with Gasteiger partial charge in [0.25, 0.3) is 0 Å². The quantitative estimate of drug-likeness (QED) is 0.640. The molecule has 0 spiro atoms. The molecule has 18 heavy (non-hydrogen) atoms. The number of furan rings is 1. The molecule has 5 heteroatoms. The number of hydrogen-bond donors (Lipinski definition) is 2. The van der Waals surface area contributed by atoms with E-state index in [9.17, 15) is 4.79 Å². The maximum atomic E-state index is 10.9. The molecule has 2 N–H and O–H groups in total. The Morgan fingerprint density at radius 3 is 2.78 bits per heavy atom. The van der Waals surface area contributed by atoms with E-state index in [1.54, 1.807) is 24.3 Å². The van der Waals surface area contributed by atoms with E-state index in [0.717, 1.165) is 5.76 Å². The molecule has 2 aromatic rings. The molecular formula is C13H12N2O3. The number of rotatable bonds is 4. The summed E-state index contributed by atoms with van der Waals surface area (Å²) in [6.45, 7) is 1.84. The average Bonchev–Trinajstić information content (AvgIpc) is 2.75. The van der Waals surface area contributed by atoms with Crippen LogP contribution in [0.3, 0.4) is 0 Å². The van der Waals surface area contributed by atoms with E-state index < -0.39 is 5.97 Å². The highest BCUT2D eigenvalue weighted by Gasteiger charge is 2.07. The van der Waals surface area contributed by atoms with Crippen LogP contribution in [0.25, 0.3) is 0 Å². The van der Waals surface area contributed by atoms with Gasteiger partial charge >= 0.3 is 5.97 Å². The minimum atomic E-state index is -0.998. The van der Waals surface area contributed by atoms with Crippen LogP contribution < -0.4 is 5.43 Å². The van der Waals surface area contributed by atoms with Gasteiger partial charge in [0, 0.05) is 0 Å². The Balaban J connectivity index is 2.11. The van der Waals surface area contributed by atoms with E-state index >= 15 is 0 Å². The van der Waals surface area contributed by atoms with Crippen molar-refractivity contribution >= 4 is 17.9 Å². The summed E-state index contributed by atoms with van der Waals surface area (Å²) in [5.41, 5.74) is 3.29. The monoisotopic (exact) mass is 244 g/mol. The Morgan fingerprint density at radius 1 is 1.33 bits per heavy atom. The largest absolute Gasteiger partial charge is 0.478 e. The molecule has 1 aromatic heterocycles. The lowest BCUT2D eigenvalue weighted by Crippen LogP contribution is -2.01. The van der Waals surface area contributed by atoms with Crippen molar-refractivity contribution in [3.05, 3.63) is 53.5 Å². The number of carboxylic acids is 1. The summed E-state index contributed by atoms with van der Waals surface area (Å²) in [5.74, 6) is 0.400. The fourth-order valence-corrected chi connectivity index (χ4v) is 1.46. The number of carbonyl (C=O) groups is 1. The number of para-hydroxylation sites is 1. The molecule has 0 aliphatic rings. The van der Waals surface area contributed by atoms with Gasteiger partial charge in [0.2, 0.25) is 0 Å². The van der Waals surface area contributed by atoms with E-state index in [2.05, 4.69) is 10.5 Å². The number of anilines is 1. The summed E-state index contributed by atoms with van der Waals surface area (Å²) in [5, 5.41) is 12.9. The first kappa shape index (κ1) is 11.9. The van der Waals surface area contributed by atoms with Gasteiger partial charge in [0.1, 0.15) is 11.5 Å². The first-order chi connectivity index (χ1) is 8.66. The van der Waals surface area contributed by atoms with Crippen LogP contribution in [0.5, 0.6) is 0 Å². The second-order valence-electron chi connectivity index (χ2n) is 3.67. The summed E-state index contributed by atoms with van der Waals surface area (Å²) in [7, 11) is 0. The molecule has 5 nitrogen and oxygen atoms in total. The second kappa shape index (κ2) is 5.18. The van der Waals surface area contributed by atoms with E-state index in [1.807, 2.05) is 13.0 Å². The van der Waals surface area contributed by atoms with E-state index in [1.165, 1.54) is 12.3 Å². The smallest absolute Gasteiger partial charge is 0.337 e. The topological polar surface area (TPSA) is 74.8 Å². The van der Waals surface area contributed by atoms with Gasteiger partial charge in [-0.2, -0.15) is 5.10 Å². The van der Waals surface area contributed by atoms with Crippen LogP contribution in [-0.2, 0) is 0 Å². The van der Waals surface area contributed by atoms with Gasteiger partial charge in [-0.3, -0.25) is 5.43 Å². The average molecular weight is 244 g/mol. The maximum absolute atomic E-state index is 10.9. The zero-order valence-corrected chi connectivity index (χ0v) is 9.75. The van der Waals surface area contributed by atoms with Crippen molar-refractivity contribution in [3.8, 4) is 0 Å². The second-order valence-corrected chi connectivity index (χ2v) is 3.67. The van der Waals surface area contributed by atoms with Crippen LogP contribution in [0.2, 0.25) is 0 Å². The van der Waals surface area contributed by atoms with E-state index in [-0.39, 0.29) is 5.56 Å². The molecule has 0 aliphatic carbocycles. The Bertz CT molecular complexity index is 587. The predicted molar refractivity (Wildman–Crippen MR) is 68.1 cm³/mol. The molecular weight excluding hydrogens is 232 g/mol. The van der Waals surface area contributed by atoms with Crippen LogP contribution in [0.15, 0.2) is 45.9 Å². The number of hydrogen-bond acceptors (Lipinski definition) is 4. The first-order valence-corrected chi connectivity index (χ1v) is 5.34. The molecule has 2 rings (SSSR count). The molecule has 0 aliphatic heterocycles. The molecule has 0 saturated carbocycles. The standard InChI is InChI=1S/C13H12N2O3/c1-9-6-7-10(18-9)8-14-15-12-5-3-2-4-11(12)13(16)17/h2-8,15H,1H3,(H,16,17)/b14-8-. The van der Waals surface area contributed by atoms with Crippen molar-refractivity contribution in [1.82, 2.24) is 0 Å². The molecule has 0 unspecified atom stereocenters. The molecule has 0 radical (unpaired) electrons. The van der Waals surface area contributed by atoms with Gasteiger partial charge in [-0.05, 0) is 31.2 Å². The van der Waals surface area contributed by atoms with Gasteiger partial charge in [0.15, 0.2) is 0 Å².